The van der Waals surface area contributed by atoms with Gasteiger partial charge in [-0.05, 0) is 639 Å². The van der Waals surface area contributed by atoms with Gasteiger partial charge in [-0.15, -0.1) is 0 Å². The number of benzene rings is 8. The molecule has 0 aliphatic carbocycles. The summed E-state index contributed by atoms with van der Waals surface area (Å²) in [6.45, 7) is -7.33. The molecule has 0 saturated carbocycles. The standard InChI is InChI=1S/C71H40I24O18/c72-37-9-53(88)45(80)1-29(37)61(96)106-21-69(22-107-62(97)30-2-46(81)54(89)10-38(30)73,17-104-19-70(23-108-63(98)31-3-47(82)55(90)11-39(31)74,24-109-64(99)32-4-48(83)56(91)12-40(32)75)25-110-65(100)33-5-49(84)57(92)13-41(33)76)18-105-20-71(26-111-66(101)34-6-50(85)58(93)14-42(34)77,27-112-67(102)35-7-51(86)59(94)15-43(35)78)28-113-68(103)36-8-52(87)60(95)16-44(36)79/h1-16H,17-28H2. The molecule has 0 aliphatic rings. The summed E-state index contributed by atoms with van der Waals surface area (Å²) in [6.07, 6.45) is 0. The van der Waals surface area contributed by atoms with Crippen molar-refractivity contribution in [3.8, 4) is 0 Å². The minimum Gasteiger partial charge on any atom is -0.461 e. The number of halogens is 24. The maximum absolute atomic E-state index is 15.0. The zero-order valence-electron chi connectivity index (χ0n) is 55.6. The van der Waals surface area contributed by atoms with E-state index in [1.54, 1.807) is 48.5 Å². The first-order valence-corrected chi connectivity index (χ1v) is 56.6. The summed E-state index contributed by atoms with van der Waals surface area (Å²) in [6, 6.07) is 28.1. The molecule has 0 heterocycles. The lowest BCUT2D eigenvalue weighted by atomic mass is 9.89. The number of hydrogen-bond acceptors (Lipinski definition) is 18. The van der Waals surface area contributed by atoms with Gasteiger partial charge >= 0.3 is 47.8 Å². The van der Waals surface area contributed by atoms with Crippen LogP contribution in [0, 0.1) is 102 Å². The largest absolute Gasteiger partial charge is 0.461 e. The summed E-state index contributed by atoms with van der Waals surface area (Å²) in [5, 5.41) is 0. The van der Waals surface area contributed by atoms with Gasteiger partial charge in [-0.3, -0.25) is 0 Å². The summed E-state index contributed by atoms with van der Waals surface area (Å²) < 4.78 is 82.5. The van der Waals surface area contributed by atoms with Crippen LogP contribution in [0.2, 0.25) is 0 Å². The summed E-state index contributed by atoms with van der Waals surface area (Å²) in [4.78, 5) is 118. The Morgan fingerprint density at radius 3 is 0.372 bits per heavy atom. The third-order valence-electron chi connectivity index (χ3n) is 15.5. The molecular weight excluding hydrogens is 4190 g/mol. The Morgan fingerprint density at radius 2 is 0.257 bits per heavy atom. The average Bonchev–Trinajstić information content (AvgIpc) is 0.809. The van der Waals surface area contributed by atoms with Crippen LogP contribution in [0.25, 0.3) is 0 Å². The second-order valence-corrected chi connectivity index (χ2v) is 52.0. The number of rotatable bonds is 32. The van der Waals surface area contributed by atoms with Crippen molar-refractivity contribution >= 4 is 590 Å². The molecule has 0 bridgehead atoms. The van der Waals surface area contributed by atoms with Crippen LogP contribution in [0.3, 0.4) is 0 Å². The average molecular weight is 4230 g/mol. The smallest absolute Gasteiger partial charge is 0.339 e. The second-order valence-electron chi connectivity index (χ2n) is 24.1. The van der Waals surface area contributed by atoms with Gasteiger partial charge in [-0.1, -0.05) is 0 Å². The molecule has 0 aromatic heterocycles. The highest BCUT2D eigenvalue weighted by Crippen LogP contribution is 2.37. The van der Waals surface area contributed by atoms with Crippen molar-refractivity contribution in [1.29, 1.82) is 0 Å². The van der Waals surface area contributed by atoms with Gasteiger partial charge < -0.3 is 47.4 Å². The molecule has 0 N–H and O–H groups in total. The lowest BCUT2D eigenvalue weighted by molar-refractivity contribution is -0.132. The molecule has 0 saturated heterocycles. The Labute approximate surface area is 976 Å². The molecule has 0 amide bonds. The molecule has 8 aromatic carbocycles. The van der Waals surface area contributed by atoms with E-state index < -0.39 is 143 Å². The summed E-state index contributed by atoms with van der Waals surface area (Å²) in [5.41, 5.74) is -3.79. The van der Waals surface area contributed by atoms with E-state index in [2.05, 4.69) is 542 Å². The van der Waals surface area contributed by atoms with E-state index in [9.17, 15) is 38.4 Å². The Hall–Kier alpha value is 6.96. The highest BCUT2D eigenvalue weighted by atomic mass is 127. The van der Waals surface area contributed by atoms with Gasteiger partial charge in [0.15, 0.2) is 0 Å². The number of hydrogen-bond donors (Lipinski definition) is 0. The molecule has 0 aliphatic heterocycles. The van der Waals surface area contributed by atoms with E-state index in [-0.39, 0.29) is 44.5 Å². The van der Waals surface area contributed by atoms with Gasteiger partial charge in [0.05, 0.1) is 87.2 Å². The Bertz CT molecular complexity index is 4420. The van der Waals surface area contributed by atoms with Crippen molar-refractivity contribution in [2.24, 2.45) is 16.2 Å². The van der Waals surface area contributed by atoms with Crippen molar-refractivity contribution in [1.82, 2.24) is 0 Å². The van der Waals surface area contributed by atoms with Gasteiger partial charge in [0.25, 0.3) is 0 Å². The van der Waals surface area contributed by atoms with Crippen LogP contribution in [0.4, 0.5) is 0 Å². The molecular formula is C71H40I24O18. The van der Waals surface area contributed by atoms with Crippen molar-refractivity contribution in [3.63, 3.8) is 0 Å². The minimum absolute atomic E-state index is 0.194. The first-order chi connectivity index (χ1) is 53.0. The van der Waals surface area contributed by atoms with Gasteiger partial charge in [-0.2, -0.15) is 0 Å². The molecule has 0 atom stereocenters. The predicted octanol–water partition coefficient (Wildman–Crippen LogP) is 25.3. The van der Waals surface area contributed by atoms with E-state index in [1.807, 2.05) is 48.5 Å². The SMILES string of the molecule is O=C(OCC(COCC(COC(=O)c1cc(I)c(I)cc1I)(COC(=O)c1cc(I)c(I)cc1I)COC(=O)c1cc(I)c(I)cc1I)(COCC(COC(=O)c1cc(I)c(I)cc1I)(COC(=O)c1cc(I)c(I)cc1I)COC(=O)c1cc(I)c(I)cc1I)COC(=O)c1cc(I)c(I)cc1I)c1cc(I)c(I)cc1I. The molecule has 113 heavy (non-hydrogen) atoms. The Morgan fingerprint density at radius 1 is 0.159 bits per heavy atom. The van der Waals surface area contributed by atoms with Gasteiger partial charge in [0.1, 0.15) is 52.9 Å². The van der Waals surface area contributed by atoms with E-state index in [4.69, 9.17) is 47.4 Å². The van der Waals surface area contributed by atoms with Crippen LogP contribution in [-0.4, -0.2) is 127 Å². The molecule has 0 unspecified atom stereocenters. The number of carbonyl (C=O) groups excluding carboxylic acids is 8. The second kappa shape index (κ2) is 49.4. The number of esters is 8. The Balaban J connectivity index is 1.32. The third-order valence-corrected chi connectivity index (χ3v) is 45.2. The van der Waals surface area contributed by atoms with E-state index in [0.717, 1.165) is 57.1 Å². The van der Waals surface area contributed by atoms with Crippen molar-refractivity contribution < 1.29 is 85.7 Å². The molecule has 8 rings (SSSR count). The van der Waals surface area contributed by atoms with E-state index in [0.29, 0.717) is 28.6 Å². The molecule has 8 aromatic rings. The highest BCUT2D eigenvalue weighted by molar-refractivity contribution is 14.1. The summed E-state index contributed by atoms with van der Waals surface area (Å²) >= 11 is 50.8. The fraction of sp³-hybridized carbons (Fsp3) is 0.211. The summed E-state index contributed by atoms with van der Waals surface area (Å²) in [5.74, 6) is -6.19. The lowest BCUT2D eigenvalue weighted by Crippen LogP contribution is -2.48. The molecule has 0 radical (unpaired) electrons. The first-order valence-electron chi connectivity index (χ1n) is 30.7. The zero-order chi connectivity index (χ0) is 83.5. The molecule has 18 nitrogen and oxygen atoms in total. The highest BCUT2D eigenvalue weighted by Gasteiger charge is 2.44. The van der Waals surface area contributed by atoms with Crippen molar-refractivity contribution in [2.75, 3.05) is 79.3 Å². The van der Waals surface area contributed by atoms with Crippen molar-refractivity contribution in [3.05, 3.63) is 227 Å². The topological polar surface area (TPSA) is 229 Å². The van der Waals surface area contributed by atoms with Crippen LogP contribution in [0.1, 0.15) is 82.9 Å². The maximum Gasteiger partial charge on any atom is 0.339 e. The van der Waals surface area contributed by atoms with Gasteiger partial charge in [0.2, 0.25) is 0 Å². The zero-order valence-corrected chi connectivity index (χ0v) is 107. The Kier molecular flexibility index (Phi) is 46.1. The molecule has 600 valence electrons. The molecule has 42 heteroatoms. The van der Waals surface area contributed by atoms with Gasteiger partial charge in [-0.25, -0.2) is 38.4 Å². The maximum atomic E-state index is 15.0. The predicted molar refractivity (Wildman–Crippen MR) is 628 cm³/mol. The van der Waals surface area contributed by atoms with Crippen LogP contribution >= 0.6 is 542 Å². The van der Waals surface area contributed by atoms with Crippen LogP contribution in [0.15, 0.2) is 97.1 Å². The fourth-order valence-electron chi connectivity index (χ4n) is 9.52. The van der Waals surface area contributed by atoms with Crippen LogP contribution < -0.4 is 0 Å². The molecule has 0 spiro atoms. The van der Waals surface area contributed by atoms with E-state index >= 15 is 0 Å². The molecule has 0 fully saturated rings. The monoisotopic (exact) mass is 4230 g/mol. The number of carbonyl (C=O) groups is 8. The third kappa shape index (κ3) is 30.5. The fourth-order valence-corrected chi connectivity index (χ4v) is 27.3. The number of ether oxygens (including phenoxy) is 10. The minimum atomic E-state index is -1.85. The quantitative estimate of drug-likeness (QED) is 0.0165. The van der Waals surface area contributed by atoms with Crippen LogP contribution in [0.5, 0.6) is 0 Å². The van der Waals surface area contributed by atoms with E-state index in [1.165, 1.54) is 0 Å². The van der Waals surface area contributed by atoms with Gasteiger partial charge in [0, 0.05) is 85.7 Å². The van der Waals surface area contributed by atoms with Crippen molar-refractivity contribution in [2.45, 2.75) is 0 Å². The van der Waals surface area contributed by atoms with Crippen LogP contribution in [-0.2, 0) is 47.4 Å². The first kappa shape index (κ1) is 105. The normalized spacial score (nSPS) is 11.6. The lowest BCUT2D eigenvalue weighted by Gasteiger charge is -2.37. The summed E-state index contributed by atoms with van der Waals surface area (Å²) in [7, 11) is 0.